The van der Waals surface area contributed by atoms with Crippen LogP contribution >= 0.6 is 11.6 Å². The van der Waals surface area contributed by atoms with E-state index in [0.29, 0.717) is 34.4 Å². The van der Waals surface area contributed by atoms with E-state index in [9.17, 15) is 4.79 Å². The van der Waals surface area contributed by atoms with Crippen molar-refractivity contribution in [3.8, 4) is 11.5 Å². The summed E-state index contributed by atoms with van der Waals surface area (Å²) >= 11 is 6.30. The van der Waals surface area contributed by atoms with E-state index in [1.165, 1.54) is 26.4 Å². The number of rotatable bonds is 7. The van der Waals surface area contributed by atoms with Crippen molar-refractivity contribution >= 4 is 29.0 Å². The molecule has 2 heterocycles. The van der Waals surface area contributed by atoms with Crippen molar-refractivity contribution in [2.45, 2.75) is 32.6 Å². The molecule has 2 aromatic rings. The fraction of sp³-hybridized carbons (Fsp3) is 0.429. The van der Waals surface area contributed by atoms with Gasteiger partial charge in [-0.2, -0.15) is 0 Å². The second kappa shape index (κ2) is 9.64. The average molecular weight is 404 g/mol. The Bertz CT molecular complexity index is 805. The summed E-state index contributed by atoms with van der Waals surface area (Å²) in [5, 5.41) is 3.20. The van der Waals surface area contributed by atoms with Crippen molar-refractivity contribution in [3.05, 3.63) is 41.0 Å². The highest BCUT2D eigenvalue weighted by atomic mass is 35.5. The lowest BCUT2D eigenvalue weighted by Gasteiger charge is -2.27. The van der Waals surface area contributed by atoms with Crippen molar-refractivity contribution in [1.29, 1.82) is 0 Å². The summed E-state index contributed by atoms with van der Waals surface area (Å²) < 4.78 is 11.0. The molecule has 150 valence electrons. The van der Waals surface area contributed by atoms with Crippen molar-refractivity contribution in [3.63, 3.8) is 0 Å². The van der Waals surface area contributed by atoms with Gasteiger partial charge in [-0.05, 0) is 49.9 Å². The van der Waals surface area contributed by atoms with E-state index in [1.54, 1.807) is 18.3 Å². The maximum absolute atomic E-state index is 12.6. The van der Waals surface area contributed by atoms with Gasteiger partial charge >= 0.3 is 0 Å². The molecule has 0 atom stereocenters. The van der Waals surface area contributed by atoms with Gasteiger partial charge in [0.2, 0.25) is 0 Å². The van der Waals surface area contributed by atoms with Crippen molar-refractivity contribution in [2.24, 2.45) is 0 Å². The maximum Gasteiger partial charge on any atom is 0.255 e. The number of ether oxygens (including phenoxy) is 2. The molecular weight excluding hydrogens is 378 g/mol. The minimum Gasteiger partial charge on any atom is -0.493 e. The van der Waals surface area contributed by atoms with Crippen LogP contribution in [0.25, 0.3) is 0 Å². The zero-order valence-corrected chi connectivity index (χ0v) is 17.1. The van der Waals surface area contributed by atoms with Crippen LogP contribution in [-0.2, 0) is 0 Å². The highest BCUT2D eigenvalue weighted by Crippen LogP contribution is 2.36. The summed E-state index contributed by atoms with van der Waals surface area (Å²) in [6, 6.07) is 7.02. The number of halogens is 1. The van der Waals surface area contributed by atoms with Crippen LogP contribution in [0.4, 0.5) is 11.5 Å². The van der Waals surface area contributed by atoms with Gasteiger partial charge in [0.25, 0.3) is 5.91 Å². The second-order valence-electron chi connectivity index (χ2n) is 6.74. The fourth-order valence-electron chi connectivity index (χ4n) is 3.17. The van der Waals surface area contributed by atoms with E-state index in [-0.39, 0.29) is 5.91 Å². The molecule has 1 aromatic heterocycles. The summed E-state index contributed by atoms with van der Waals surface area (Å²) in [6.45, 7) is 4.59. The van der Waals surface area contributed by atoms with Gasteiger partial charge in [0.1, 0.15) is 5.82 Å². The third-order valence-electron chi connectivity index (χ3n) is 4.63. The van der Waals surface area contributed by atoms with Crippen molar-refractivity contribution < 1.29 is 14.3 Å². The smallest absolute Gasteiger partial charge is 0.255 e. The minimum absolute atomic E-state index is 0.283. The Hall–Kier alpha value is -2.47. The number of nitrogens with zero attached hydrogens (tertiary/aromatic N) is 2. The number of hydrogen-bond acceptors (Lipinski definition) is 5. The number of carbonyl (C=O) groups excluding carboxylic acids is 1. The van der Waals surface area contributed by atoms with Gasteiger partial charge in [-0.3, -0.25) is 4.79 Å². The number of piperidine rings is 1. The Kier molecular flexibility index (Phi) is 6.98. The highest BCUT2D eigenvalue weighted by molar-refractivity contribution is 6.32. The molecule has 1 amide bonds. The molecule has 1 aromatic carbocycles. The number of nitrogens with one attached hydrogen (secondary N) is 1. The van der Waals surface area contributed by atoms with Gasteiger partial charge in [-0.15, -0.1) is 0 Å². The first kappa shape index (κ1) is 20.3. The van der Waals surface area contributed by atoms with E-state index < -0.39 is 0 Å². The van der Waals surface area contributed by atoms with E-state index in [2.05, 4.69) is 15.2 Å². The Morgan fingerprint density at radius 3 is 2.68 bits per heavy atom. The standard InChI is InChI=1S/C21H26ClN3O3/c1-3-11-28-20-17(22)12-15(13-18(20)27-2)21(26)24-16-7-8-19(23-14-16)25-9-5-4-6-10-25/h7-8,12-14H,3-6,9-11H2,1-2H3,(H,24,26). The monoisotopic (exact) mass is 403 g/mol. The molecule has 1 saturated heterocycles. The number of carbonyl (C=O) groups is 1. The third kappa shape index (κ3) is 4.87. The lowest BCUT2D eigenvalue weighted by molar-refractivity contribution is 0.102. The summed E-state index contributed by atoms with van der Waals surface area (Å²) in [5.41, 5.74) is 1.03. The van der Waals surface area contributed by atoms with E-state index in [0.717, 1.165) is 25.3 Å². The topological polar surface area (TPSA) is 63.7 Å². The molecule has 0 spiro atoms. The van der Waals surface area contributed by atoms with E-state index in [4.69, 9.17) is 21.1 Å². The van der Waals surface area contributed by atoms with Crippen LogP contribution in [0.3, 0.4) is 0 Å². The number of methoxy groups -OCH3 is 1. The normalized spacial score (nSPS) is 13.9. The zero-order valence-electron chi connectivity index (χ0n) is 16.3. The van der Waals surface area contributed by atoms with Crippen LogP contribution in [-0.4, -0.2) is 37.7 Å². The number of hydrogen-bond donors (Lipinski definition) is 1. The lowest BCUT2D eigenvalue weighted by Crippen LogP contribution is -2.30. The molecule has 0 aliphatic carbocycles. The van der Waals surface area contributed by atoms with Crippen molar-refractivity contribution in [1.82, 2.24) is 4.98 Å². The first-order valence-corrected chi connectivity index (χ1v) is 10.0. The molecule has 7 heteroatoms. The molecule has 6 nitrogen and oxygen atoms in total. The van der Waals surface area contributed by atoms with Crippen LogP contribution in [0.1, 0.15) is 43.0 Å². The highest BCUT2D eigenvalue weighted by Gasteiger charge is 2.17. The largest absolute Gasteiger partial charge is 0.493 e. The van der Waals surface area contributed by atoms with E-state index >= 15 is 0 Å². The Balaban J connectivity index is 1.71. The SMILES string of the molecule is CCCOc1c(Cl)cc(C(=O)Nc2ccc(N3CCCCC3)nc2)cc1OC. The molecule has 3 rings (SSSR count). The molecule has 0 unspecified atom stereocenters. The summed E-state index contributed by atoms with van der Waals surface area (Å²) in [7, 11) is 1.52. The number of amides is 1. The predicted molar refractivity (Wildman–Crippen MR) is 112 cm³/mol. The van der Waals surface area contributed by atoms with Crippen LogP contribution in [0.15, 0.2) is 30.5 Å². The van der Waals surface area contributed by atoms with Crippen LogP contribution < -0.4 is 19.7 Å². The fourth-order valence-corrected chi connectivity index (χ4v) is 3.43. The minimum atomic E-state index is -0.283. The number of pyridine rings is 1. The van der Waals surface area contributed by atoms with Gasteiger partial charge in [0.15, 0.2) is 11.5 Å². The average Bonchev–Trinajstić information content (AvgIpc) is 2.73. The quantitative estimate of drug-likeness (QED) is 0.721. The molecule has 1 N–H and O–H groups in total. The molecule has 0 saturated carbocycles. The molecular formula is C21H26ClN3O3. The van der Waals surface area contributed by atoms with Crippen molar-refractivity contribution in [2.75, 3.05) is 37.0 Å². The second-order valence-corrected chi connectivity index (χ2v) is 7.15. The Morgan fingerprint density at radius 1 is 1.25 bits per heavy atom. The molecule has 1 fully saturated rings. The predicted octanol–water partition coefficient (Wildman–Crippen LogP) is 4.78. The van der Waals surface area contributed by atoms with E-state index in [1.807, 2.05) is 19.1 Å². The molecule has 1 aliphatic rings. The maximum atomic E-state index is 12.6. The number of aromatic nitrogens is 1. The van der Waals surface area contributed by atoms with Gasteiger partial charge in [-0.25, -0.2) is 4.98 Å². The molecule has 28 heavy (non-hydrogen) atoms. The van der Waals surface area contributed by atoms with Gasteiger partial charge in [0, 0.05) is 18.7 Å². The van der Waals surface area contributed by atoms with Crippen LogP contribution in [0, 0.1) is 0 Å². The molecule has 0 bridgehead atoms. The van der Waals surface area contributed by atoms with Gasteiger partial charge in [0.05, 0.1) is 30.6 Å². The summed E-state index contributed by atoms with van der Waals surface area (Å²) in [6.07, 6.45) is 6.20. The van der Waals surface area contributed by atoms with Gasteiger partial charge < -0.3 is 19.7 Å². The summed E-state index contributed by atoms with van der Waals surface area (Å²) in [4.78, 5) is 19.4. The Morgan fingerprint density at radius 2 is 2.04 bits per heavy atom. The third-order valence-corrected chi connectivity index (χ3v) is 4.91. The van der Waals surface area contributed by atoms with Gasteiger partial charge in [-0.1, -0.05) is 18.5 Å². The Labute approximate surface area is 170 Å². The number of benzene rings is 1. The summed E-state index contributed by atoms with van der Waals surface area (Å²) in [5.74, 6) is 1.55. The number of anilines is 2. The van der Waals surface area contributed by atoms with Crippen LogP contribution in [0.2, 0.25) is 5.02 Å². The first-order chi connectivity index (χ1) is 13.6. The molecule has 0 radical (unpaired) electrons. The first-order valence-electron chi connectivity index (χ1n) is 9.65. The lowest BCUT2D eigenvalue weighted by atomic mass is 10.1. The molecule has 1 aliphatic heterocycles. The zero-order chi connectivity index (χ0) is 19.9. The van der Waals surface area contributed by atoms with Crippen LogP contribution in [0.5, 0.6) is 11.5 Å².